The van der Waals surface area contributed by atoms with Crippen LogP contribution in [0.2, 0.25) is 0 Å². The van der Waals surface area contributed by atoms with Gasteiger partial charge in [-0.3, -0.25) is 0 Å². The predicted molar refractivity (Wildman–Crippen MR) is 85.0 cm³/mol. The van der Waals surface area contributed by atoms with E-state index in [0.29, 0.717) is 6.54 Å². The number of hydrogen-bond acceptors (Lipinski definition) is 1. The van der Waals surface area contributed by atoms with E-state index in [1.807, 2.05) is 6.07 Å². The van der Waals surface area contributed by atoms with Crippen molar-refractivity contribution in [1.29, 1.82) is 0 Å². The molecule has 102 valence electrons. The standard InChI is InChI=1S/C18H20N2/c1-13-18(15-10-6-7-11-17(15)20(13)2)16(12-19)14-8-4-3-5-9-14/h3-11,16H,12,19H2,1-2H3. The minimum Gasteiger partial charge on any atom is -0.348 e. The number of aromatic nitrogens is 1. The smallest absolute Gasteiger partial charge is 0.0482 e. The maximum Gasteiger partial charge on any atom is 0.0482 e. The second-order valence-electron chi connectivity index (χ2n) is 5.27. The Morgan fingerprint density at radius 1 is 1.00 bits per heavy atom. The van der Waals surface area contributed by atoms with Crippen LogP contribution in [0.1, 0.15) is 22.7 Å². The van der Waals surface area contributed by atoms with Gasteiger partial charge in [-0.15, -0.1) is 0 Å². The zero-order valence-corrected chi connectivity index (χ0v) is 12.0. The quantitative estimate of drug-likeness (QED) is 0.770. The van der Waals surface area contributed by atoms with Crippen molar-refractivity contribution in [2.24, 2.45) is 12.8 Å². The van der Waals surface area contributed by atoms with Crippen LogP contribution in [0, 0.1) is 6.92 Å². The topological polar surface area (TPSA) is 30.9 Å². The molecule has 1 aromatic heterocycles. The molecule has 2 N–H and O–H groups in total. The lowest BCUT2D eigenvalue weighted by Gasteiger charge is -2.16. The molecule has 2 nitrogen and oxygen atoms in total. The number of hydrogen-bond donors (Lipinski definition) is 1. The minimum absolute atomic E-state index is 0.252. The molecule has 1 unspecified atom stereocenters. The molecule has 2 heteroatoms. The fourth-order valence-corrected chi connectivity index (χ4v) is 3.10. The van der Waals surface area contributed by atoms with Crippen LogP contribution in [0.5, 0.6) is 0 Å². The molecule has 0 radical (unpaired) electrons. The van der Waals surface area contributed by atoms with Gasteiger partial charge >= 0.3 is 0 Å². The van der Waals surface area contributed by atoms with E-state index < -0.39 is 0 Å². The fraction of sp³-hybridized carbons (Fsp3) is 0.222. The first-order valence-corrected chi connectivity index (χ1v) is 7.03. The first-order valence-electron chi connectivity index (χ1n) is 7.03. The second kappa shape index (κ2) is 5.14. The van der Waals surface area contributed by atoms with E-state index in [1.165, 1.54) is 27.7 Å². The van der Waals surface area contributed by atoms with Gasteiger partial charge in [-0.25, -0.2) is 0 Å². The molecule has 0 saturated carbocycles. The normalized spacial score (nSPS) is 12.8. The molecule has 1 atom stereocenters. The van der Waals surface area contributed by atoms with E-state index in [4.69, 9.17) is 5.73 Å². The summed E-state index contributed by atoms with van der Waals surface area (Å²) in [6.07, 6.45) is 0. The van der Waals surface area contributed by atoms with Gasteiger partial charge in [0.25, 0.3) is 0 Å². The van der Waals surface area contributed by atoms with Crippen LogP contribution in [0.4, 0.5) is 0 Å². The predicted octanol–water partition coefficient (Wildman–Crippen LogP) is 3.58. The van der Waals surface area contributed by atoms with Crippen molar-refractivity contribution in [3.8, 4) is 0 Å². The molecule has 0 fully saturated rings. The number of para-hydroxylation sites is 1. The third-order valence-electron chi connectivity index (χ3n) is 4.23. The van der Waals surface area contributed by atoms with Crippen LogP contribution >= 0.6 is 0 Å². The molecule has 1 heterocycles. The highest BCUT2D eigenvalue weighted by Crippen LogP contribution is 2.34. The van der Waals surface area contributed by atoms with Gasteiger partial charge in [0, 0.05) is 36.1 Å². The molecule has 0 spiro atoms. The molecule has 0 amide bonds. The van der Waals surface area contributed by atoms with Crippen LogP contribution in [0.3, 0.4) is 0 Å². The van der Waals surface area contributed by atoms with Gasteiger partial charge in [0.05, 0.1) is 0 Å². The van der Waals surface area contributed by atoms with E-state index in [-0.39, 0.29) is 5.92 Å². The summed E-state index contributed by atoms with van der Waals surface area (Å²) in [6, 6.07) is 19.1. The molecular weight excluding hydrogens is 244 g/mol. The summed E-state index contributed by atoms with van der Waals surface area (Å²) < 4.78 is 2.26. The molecule has 0 aliphatic carbocycles. The largest absolute Gasteiger partial charge is 0.348 e. The first-order chi connectivity index (χ1) is 9.74. The van der Waals surface area contributed by atoms with Crippen LogP contribution in [0.15, 0.2) is 54.6 Å². The van der Waals surface area contributed by atoms with Crippen molar-refractivity contribution in [2.75, 3.05) is 6.54 Å². The van der Waals surface area contributed by atoms with Crippen molar-refractivity contribution in [3.05, 3.63) is 71.4 Å². The first kappa shape index (κ1) is 12.9. The van der Waals surface area contributed by atoms with Gasteiger partial charge < -0.3 is 10.3 Å². The van der Waals surface area contributed by atoms with E-state index >= 15 is 0 Å². The molecule has 3 rings (SSSR count). The van der Waals surface area contributed by atoms with Crippen molar-refractivity contribution < 1.29 is 0 Å². The third kappa shape index (κ3) is 1.93. The monoisotopic (exact) mass is 264 g/mol. The van der Waals surface area contributed by atoms with E-state index in [0.717, 1.165) is 0 Å². The second-order valence-corrected chi connectivity index (χ2v) is 5.27. The van der Waals surface area contributed by atoms with Gasteiger partial charge in [-0.05, 0) is 24.1 Å². The maximum atomic E-state index is 6.10. The van der Waals surface area contributed by atoms with Crippen molar-refractivity contribution in [1.82, 2.24) is 4.57 Å². The Kier molecular flexibility index (Phi) is 3.33. The molecule has 0 aliphatic rings. The van der Waals surface area contributed by atoms with Gasteiger partial charge in [-0.1, -0.05) is 48.5 Å². The molecule has 2 aromatic carbocycles. The van der Waals surface area contributed by atoms with E-state index in [2.05, 4.69) is 67.1 Å². The van der Waals surface area contributed by atoms with Crippen molar-refractivity contribution in [3.63, 3.8) is 0 Å². The summed E-state index contributed by atoms with van der Waals surface area (Å²) >= 11 is 0. The number of rotatable bonds is 3. The molecule has 3 aromatic rings. The fourth-order valence-electron chi connectivity index (χ4n) is 3.10. The van der Waals surface area contributed by atoms with Crippen molar-refractivity contribution in [2.45, 2.75) is 12.8 Å². The summed E-state index contributed by atoms with van der Waals surface area (Å²) in [6.45, 7) is 2.81. The number of fused-ring (bicyclic) bond motifs is 1. The zero-order valence-electron chi connectivity index (χ0n) is 12.0. The summed E-state index contributed by atoms with van der Waals surface area (Å²) in [7, 11) is 2.12. The highest BCUT2D eigenvalue weighted by Gasteiger charge is 2.20. The van der Waals surface area contributed by atoms with Crippen LogP contribution in [-0.4, -0.2) is 11.1 Å². The number of aryl methyl sites for hydroxylation is 1. The lowest BCUT2D eigenvalue weighted by atomic mass is 9.89. The average Bonchev–Trinajstić information content (AvgIpc) is 2.75. The van der Waals surface area contributed by atoms with Crippen LogP contribution < -0.4 is 5.73 Å². The Labute approximate surface area is 119 Å². The average molecular weight is 264 g/mol. The minimum atomic E-state index is 0.252. The Balaban J connectivity index is 2.25. The highest BCUT2D eigenvalue weighted by molar-refractivity contribution is 5.86. The van der Waals surface area contributed by atoms with E-state index in [1.54, 1.807) is 0 Å². The number of benzene rings is 2. The summed E-state index contributed by atoms with van der Waals surface area (Å²) in [4.78, 5) is 0. The Hall–Kier alpha value is -2.06. The van der Waals surface area contributed by atoms with Gasteiger partial charge in [0.1, 0.15) is 0 Å². The third-order valence-corrected chi connectivity index (χ3v) is 4.23. The molecule has 0 saturated heterocycles. The molecular formula is C18H20N2. The summed E-state index contributed by atoms with van der Waals surface area (Å²) in [5, 5.41) is 1.31. The SMILES string of the molecule is Cc1c(C(CN)c2ccccc2)c2ccccc2n1C. The van der Waals surface area contributed by atoms with Gasteiger partial charge in [0.15, 0.2) is 0 Å². The van der Waals surface area contributed by atoms with Gasteiger partial charge in [0.2, 0.25) is 0 Å². The summed E-state index contributed by atoms with van der Waals surface area (Å²) in [5.74, 6) is 0.252. The lowest BCUT2D eigenvalue weighted by Crippen LogP contribution is -2.14. The molecule has 0 aliphatic heterocycles. The Morgan fingerprint density at radius 2 is 1.65 bits per heavy atom. The summed E-state index contributed by atoms with van der Waals surface area (Å²) in [5.41, 5.74) is 11.3. The van der Waals surface area contributed by atoms with Crippen LogP contribution in [-0.2, 0) is 7.05 Å². The number of nitrogens with two attached hydrogens (primary N) is 1. The van der Waals surface area contributed by atoms with Crippen LogP contribution in [0.25, 0.3) is 10.9 Å². The maximum absolute atomic E-state index is 6.10. The van der Waals surface area contributed by atoms with E-state index in [9.17, 15) is 0 Å². The Bertz CT molecular complexity index is 726. The van der Waals surface area contributed by atoms with Gasteiger partial charge in [-0.2, -0.15) is 0 Å². The molecule has 20 heavy (non-hydrogen) atoms. The zero-order chi connectivity index (χ0) is 14.1. The highest BCUT2D eigenvalue weighted by atomic mass is 14.9. The number of nitrogens with zero attached hydrogens (tertiary/aromatic N) is 1. The van der Waals surface area contributed by atoms with Crippen molar-refractivity contribution >= 4 is 10.9 Å². The Morgan fingerprint density at radius 3 is 2.35 bits per heavy atom. The molecule has 0 bridgehead atoms. The lowest BCUT2D eigenvalue weighted by molar-refractivity contribution is 0.799.